The van der Waals surface area contributed by atoms with Crippen LogP contribution in [-0.2, 0) is 4.79 Å². The van der Waals surface area contributed by atoms with E-state index in [1.807, 2.05) is 11.8 Å². The maximum Gasteiger partial charge on any atom is 0.232 e. The fourth-order valence-electron chi connectivity index (χ4n) is 1.85. The van der Waals surface area contributed by atoms with Gasteiger partial charge >= 0.3 is 0 Å². The Labute approximate surface area is 111 Å². The first-order valence-corrected chi connectivity index (χ1v) is 6.78. The number of nitrogens with two attached hydrogens (primary N) is 1. The average molecular weight is 258 g/mol. The quantitative estimate of drug-likeness (QED) is 0.713. The van der Waals surface area contributed by atoms with Crippen LogP contribution in [0.4, 0.5) is 0 Å². The van der Waals surface area contributed by atoms with Gasteiger partial charge in [0.1, 0.15) is 0 Å². The molecule has 0 aliphatic carbocycles. The molecule has 1 amide bonds. The molecule has 0 saturated carbocycles. The van der Waals surface area contributed by atoms with Crippen LogP contribution in [0.25, 0.3) is 0 Å². The van der Waals surface area contributed by atoms with Crippen molar-refractivity contribution in [3.05, 3.63) is 0 Å². The maximum absolute atomic E-state index is 12.3. The van der Waals surface area contributed by atoms with Crippen molar-refractivity contribution in [3.63, 3.8) is 0 Å². The zero-order valence-electron chi connectivity index (χ0n) is 11.7. The molecule has 0 aromatic rings. The van der Waals surface area contributed by atoms with E-state index in [0.717, 1.165) is 13.1 Å². The molecule has 4 heteroatoms. The normalized spacial score (nSPS) is 12.9. The molecule has 0 aromatic heterocycles. The summed E-state index contributed by atoms with van der Waals surface area (Å²) in [5.41, 5.74) is 5.63. The summed E-state index contributed by atoms with van der Waals surface area (Å²) in [5, 5.41) is 0. The van der Waals surface area contributed by atoms with Crippen LogP contribution in [0.15, 0.2) is 0 Å². The second-order valence-corrected chi connectivity index (χ2v) is 5.87. The molecule has 0 heterocycles. The first-order valence-electron chi connectivity index (χ1n) is 6.37. The summed E-state index contributed by atoms with van der Waals surface area (Å²) in [5.74, 6) is 0.702. The highest BCUT2D eigenvalue weighted by Gasteiger charge is 2.25. The summed E-state index contributed by atoms with van der Waals surface area (Å²) in [4.78, 5) is 14.6. The minimum atomic E-state index is -0.303. The number of carbonyl (C=O) groups excluding carboxylic acids is 1. The summed E-state index contributed by atoms with van der Waals surface area (Å²) < 4.78 is 0. The minimum Gasteiger partial charge on any atom is -0.393 e. The van der Waals surface area contributed by atoms with Crippen molar-refractivity contribution in [1.82, 2.24) is 4.90 Å². The minimum absolute atomic E-state index is 0.0856. The lowest BCUT2D eigenvalue weighted by Gasteiger charge is -2.29. The number of hydrogen-bond donors (Lipinski definition) is 1. The predicted octanol–water partition coefficient (Wildman–Crippen LogP) is 2.44. The van der Waals surface area contributed by atoms with Crippen LogP contribution in [0.2, 0.25) is 0 Å². The van der Waals surface area contributed by atoms with E-state index in [1.54, 1.807) is 0 Å². The highest BCUT2D eigenvalue weighted by atomic mass is 32.1. The van der Waals surface area contributed by atoms with E-state index < -0.39 is 0 Å². The second-order valence-electron chi connectivity index (χ2n) is 5.39. The predicted molar refractivity (Wildman–Crippen MR) is 76.8 cm³/mol. The molecule has 100 valence electrons. The average Bonchev–Trinajstić information content (AvgIpc) is 2.15. The molecular formula is C13H26N2OS. The molecule has 0 aliphatic rings. The van der Waals surface area contributed by atoms with E-state index in [9.17, 15) is 4.79 Å². The lowest BCUT2D eigenvalue weighted by molar-refractivity contribution is -0.134. The fourth-order valence-corrected chi connectivity index (χ4v) is 2.12. The van der Waals surface area contributed by atoms with Gasteiger partial charge in [-0.2, -0.15) is 0 Å². The van der Waals surface area contributed by atoms with Crippen molar-refractivity contribution in [1.29, 1.82) is 0 Å². The van der Waals surface area contributed by atoms with Gasteiger partial charge in [-0.05, 0) is 18.3 Å². The van der Waals surface area contributed by atoms with Crippen molar-refractivity contribution in [3.8, 4) is 0 Å². The lowest BCUT2D eigenvalue weighted by atomic mass is 10.0. The Morgan fingerprint density at radius 1 is 1.18 bits per heavy atom. The van der Waals surface area contributed by atoms with Crippen LogP contribution < -0.4 is 5.73 Å². The third-order valence-electron chi connectivity index (χ3n) is 2.53. The van der Waals surface area contributed by atoms with Gasteiger partial charge in [-0.3, -0.25) is 4.79 Å². The lowest BCUT2D eigenvalue weighted by Crippen LogP contribution is -2.44. The van der Waals surface area contributed by atoms with Crippen LogP contribution >= 0.6 is 12.2 Å². The molecule has 0 aromatic carbocycles. The second kappa shape index (κ2) is 7.64. The van der Waals surface area contributed by atoms with Crippen molar-refractivity contribution < 1.29 is 4.79 Å². The third-order valence-corrected chi connectivity index (χ3v) is 2.82. The monoisotopic (exact) mass is 258 g/mol. The zero-order valence-corrected chi connectivity index (χ0v) is 12.5. The van der Waals surface area contributed by atoms with Gasteiger partial charge in [0, 0.05) is 13.1 Å². The number of amides is 1. The summed E-state index contributed by atoms with van der Waals surface area (Å²) in [6.45, 7) is 12.0. The summed E-state index contributed by atoms with van der Waals surface area (Å²) in [6, 6.07) is 0. The van der Waals surface area contributed by atoms with Crippen LogP contribution in [0.3, 0.4) is 0 Å². The smallest absolute Gasteiger partial charge is 0.232 e. The highest BCUT2D eigenvalue weighted by molar-refractivity contribution is 7.80. The van der Waals surface area contributed by atoms with Gasteiger partial charge in [0.15, 0.2) is 0 Å². The van der Waals surface area contributed by atoms with E-state index in [4.69, 9.17) is 18.0 Å². The standard InChI is InChI=1S/C13H26N2OS/c1-6-11(12(14)17)13(16)15(7-9(2)3)8-10(4)5/h9-11H,6-8H2,1-5H3,(H2,14,17). The molecule has 0 fully saturated rings. The van der Waals surface area contributed by atoms with Gasteiger partial charge in [-0.1, -0.05) is 46.8 Å². The van der Waals surface area contributed by atoms with Crippen molar-refractivity contribution in [2.45, 2.75) is 41.0 Å². The van der Waals surface area contributed by atoms with Crippen LogP contribution in [-0.4, -0.2) is 28.9 Å². The molecular weight excluding hydrogens is 232 g/mol. The number of carbonyl (C=O) groups is 1. The molecule has 1 atom stereocenters. The number of rotatable bonds is 7. The number of nitrogens with zero attached hydrogens (tertiary/aromatic N) is 1. The maximum atomic E-state index is 12.3. The van der Waals surface area contributed by atoms with Crippen molar-refractivity contribution in [2.24, 2.45) is 23.5 Å². The molecule has 0 bridgehead atoms. The van der Waals surface area contributed by atoms with Crippen LogP contribution in [0.5, 0.6) is 0 Å². The molecule has 2 N–H and O–H groups in total. The third kappa shape index (κ3) is 6.01. The van der Waals surface area contributed by atoms with E-state index in [0.29, 0.717) is 23.2 Å². The van der Waals surface area contributed by atoms with Gasteiger partial charge in [0.2, 0.25) is 5.91 Å². The Morgan fingerprint density at radius 2 is 1.59 bits per heavy atom. The van der Waals surface area contributed by atoms with Gasteiger partial charge in [0.25, 0.3) is 0 Å². The van der Waals surface area contributed by atoms with E-state index in [-0.39, 0.29) is 11.8 Å². The Kier molecular flexibility index (Phi) is 7.35. The Balaban J connectivity index is 4.76. The van der Waals surface area contributed by atoms with Crippen molar-refractivity contribution in [2.75, 3.05) is 13.1 Å². The highest BCUT2D eigenvalue weighted by Crippen LogP contribution is 2.12. The molecule has 0 radical (unpaired) electrons. The van der Waals surface area contributed by atoms with Crippen LogP contribution in [0.1, 0.15) is 41.0 Å². The molecule has 0 spiro atoms. The van der Waals surface area contributed by atoms with Gasteiger partial charge in [-0.15, -0.1) is 0 Å². The molecule has 3 nitrogen and oxygen atoms in total. The SMILES string of the molecule is CCC(C(=O)N(CC(C)C)CC(C)C)C(N)=S. The molecule has 1 unspecified atom stereocenters. The van der Waals surface area contributed by atoms with Gasteiger partial charge < -0.3 is 10.6 Å². The molecule has 0 aliphatic heterocycles. The zero-order chi connectivity index (χ0) is 13.6. The van der Waals surface area contributed by atoms with Gasteiger partial charge in [0.05, 0.1) is 10.9 Å². The number of thiocarbonyl (C=S) groups is 1. The van der Waals surface area contributed by atoms with Crippen LogP contribution in [0, 0.1) is 17.8 Å². The number of hydrogen-bond acceptors (Lipinski definition) is 2. The molecule has 17 heavy (non-hydrogen) atoms. The molecule has 0 saturated heterocycles. The summed E-state index contributed by atoms with van der Waals surface area (Å²) in [6.07, 6.45) is 0.681. The topological polar surface area (TPSA) is 46.3 Å². The Bertz CT molecular complexity index is 254. The summed E-state index contributed by atoms with van der Waals surface area (Å²) in [7, 11) is 0. The molecule has 0 rings (SSSR count). The fraction of sp³-hybridized carbons (Fsp3) is 0.846. The summed E-state index contributed by atoms with van der Waals surface area (Å²) >= 11 is 4.97. The first-order chi connectivity index (χ1) is 7.79. The largest absolute Gasteiger partial charge is 0.393 e. The van der Waals surface area contributed by atoms with E-state index >= 15 is 0 Å². The van der Waals surface area contributed by atoms with E-state index in [2.05, 4.69) is 27.7 Å². The first kappa shape index (κ1) is 16.4. The van der Waals surface area contributed by atoms with Crippen molar-refractivity contribution >= 4 is 23.1 Å². The van der Waals surface area contributed by atoms with E-state index in [1.165, 1.54) is 0 Å². The van der Waals surface area contributed by atoms with Gasteiger partial charge in [-0.25, -0.2) is 0 Å². The Hall–Kier alpha value is -0.640. The Morgan fingerprint density at radius 3 is 1.82 bits per heavy atom.